The van der Waals surface area contributed by atoms with E-state index in [1.165, 1.54) is 7.11 Å². The molecule has 0 aromatic rings. The van der Waals surface area contributed by atoms with Crippen molar-refractivity contribution in [1.82, 2.24) is 5.32 Å². The lowest BCUT2D eigenvalue weighted by molar-refractivity contribution is -0.125. The molecule has 0 heterocycles. The molecule has 0 saturated heterocycles. The van der Waals surface area contributed by atoms with E-state index in [2.05, 4.69) is 5.32 Å². The van der Waals surface area contributed by atoms with Gasteiger partial charge in [-0.2, -0.15) is 0 Å². The van der Waals surface area contributed by atoms with Crippen molar-refractivity contribution in [2.75, 3.05) is 13.7 Å². The molecule has 0 aliphatic carbocycles. The summed E-state index contributed by atoms with van der Waals surface area (Å²) in [6.45, 7) is 6.20. The molecule has 0 aliphatic heterocycles. The minimum atomic E-state index is -0.573. The highest BCUT2D eigenvalue weighted by Crippen LogP contribution is 2.06. The molecule has 4 nitrogen and oxygen atoms in total. The Morgan fingerprint density at radius 1 is 1.62 bits per heavy atom. The first-order valence-corrected chi connectivity index (χ1v) is 4.49. The molecular weight excluding hydrogens is 168 g/mol. The van der Waals surface area contributed by atoms with Gasteiger partial charge < -0.3 is 15.8 Å². The first-order chi connectivity index (χ1) is 5.93. The topological polar surface area (TPSA) is 64.4 Å². The maximum absolute atomic E-state index is 11.4. The van der Waals surface area contributed by atoms with Gasteiger partial charge in [0.15, 0.2) is 0 Å². The second-order valence-corrected chi connectivity index (χ2v) is 3.79. The largest absolute Gasteiger partial charge is 0.383 e. The third kappa shape index (κ3) is 4.85. The molecule has 3 N–H and O–H groups in total. The minimum Gasteiger partial charge on any atom is -0.383 e. The van der Waals surface area contributed by atoms with Crippen molar-refractivity contribution in [1.29, 1.82) is 0 Å². The van der Waals surface area contributed by atoms with Crippen LogP contribution in [0.5, 0.6) is 0 Å². The molecular formula is C9H20N2O2. The van der Waals surface area contributed by atoms with E-state index in [1.807, 2.05) is 20.8 Å². The van der Waals surface area contributed by atoms with Gasteiger partial charge in [-0.05, 0) is 20.3 Å². The van der Waals surface area contributed by atoms with Crippen LogP contribution in [0.1, 0.15) is 27.2 Å². The van der Waals surface area contributed by atoms with Crippen LogP contribution in [0.3, 0.4) is 0 Å². The highest BCUT2D eigenvalue weighted by Gasteiger charge is 2.21. The third-order valence-corrected chi connectivity index (χ3v) is 2.03. The Kier molecular flexibility index (Phi) is 4.95. The number of methoxy groups -OCH3 is 1. The van der Waals surface area contributed by atoms with Gasteiger partial charge in [0, 0.05) is 12.6 Å². The zero-order valence-electron chi connectivity index (χ0n) is 8.89. The number of amides is 1. The summed E-state index contributed by atoms with van der Waals surface area (Å²) in [5, 5.41) is 2.85. The van der Waals surface area contributed by atoms with E-state index >= 15 is 0 Å². The summed E-state index contributed by atoms with van der Waals surface area (Å²) in [5.41, 5.74) is 5.36. The standard InChI is InChI=1S/C9H20N2O2/c1-5-9(2,3)11-8(12)7(10)6-13-4/h7H,5-6,10H2,1-4H3,(H,11,12). The van der Waals surface area contributed by atoms with E-state index in [0.29, 0.717) is 0 Å². The monoisotopic (exact) mass is 188 g/mol. The van der Waals surface area contributed by atoms with Crippen molar-refractivity contribution in [3.63, 3.8) is 0 Å². The van der Waals surface area contributed by atoms with Crippen LogP contribution in [0.25, 0.3) is 0 Å². The average molecular weight is 188 g/mol. The molecule has 4 heteroatoms. The smallest absolute Gasteiger partial charge is 0.239 e. The molecule has 0 rings (SSSR count). The van der Waals surface area contributed by atoms with Crippen molar-refractivity contribution in [2.24, 2.45) is 5.73 Å². The zero-order valence-corrected chi connectivity index (χ0v) is 8.89. The number of nitrogens with two attached hydrogens (primary N) is 1. The second kappa shape index (κ2) is 5.19. The Morgan fingerprint density at radius 2 is 2.15 bits per heavy atom. The Hall–Kier alpha value is -0.610. The molecule has 1 amide bonds. The van der Waals surface area contributed by atoms with Crippen molar-refractivity contribution in [3.05, 3.63) is 0 Å². The highest BCUT2D eigenvalue weighted by molar-refractivity contribution is 5.82. The fraction of sp³-hybridized carbons (Fsp3) is 0.889. The normalized spacial score (nSPS) is 13.9. The first-order valence-electron chi connectivity index (χ1n) is 4.49. The zero-order chi connectivity index (χ0) is 10.5. The van der Waals surface area contributed by atoms with Crippen LogP contribution >= 0.6 is 0 Å². The average Bonchev–Trinajstić information content (AvgIpc) is 2.04. The van der Waals surface area contributed by atoms with Gasteiger partial charge in [-0.15, -0.1) is 0 Å². The van der Waals surface area contributed by atoms with Gasteiger partial charge in [0.1, 0.15) is 6.04 Å². The molecule has 78 valence electrons. The van der Waals surface area contributed by atoms with Crippen LogP contribution in [-0.4, -0.2) is 31.2 Å². The van der Waals surface area contributed by atoms with Gasteiger partial charge in [-0.1, -0.05) is 6.92 Å². The van der Waals surface area contributed by atoms with Crippen molar-refractivity contribution in [3.8, 4) is 0 Å². The van der Waals surface area contributed by atoms with E-state index in [4.69, 9.17) is 10.5 Å². The van der Waals surface area contributed by atoms with Crippen molar-refractivity contribution >= 4 is 5.91 Å². The Bertz CT molecular complexity index is 169. The molecule has 0 fully saturated rings. The van der Waals surface area contributed by atoms with Gasteiger partial charge in [0.2, 0.25) is 5.91 Å². The molecule has 1 atom stereocenters. The highest BCUT2D eigenvalue weighted by atomic mass is 16.5. The van der Waals surface area contributed by atoms with E-state index < -0.39 is 6.04 Å². The summed E-state index contributed by atoms with van der Waals surface area (Å²) in [4.78, 5) is 11.4. The maximum Gasteiger partial charge on any atom is 0.239 e. The van der Waals surface area contributed by atoms with E-state index in [1.54, 1.807) is 0 Å². The van der Waals surface area contributed by atoms with Crippen molar-refractivity contribution in [2.45, 2.75) is 38.8 Å². The Balaban J connectivity index is 3.99. The molecule has 1 unspecified atom stereocenters. The summed E-state index contributed by atoms with van der Waals surface area (Å²) in [5.74, 6) is -0.159. The molecule has 0 saturated carbocycles. The van der Waals surface area contributed by atoms with Gasteiger partial charge in [0.05, 0.1) is 6.61 Å². The van der Waals surface area contributed by atoms with Crippen LogP contribution in [0, 0.1) is 0 Å². The summed E-state index contributed by atoms with van der Waals surface area (Å²) >= 11 is 0. The molecule has 0 aliphatic rings. The lowest BCUT2D eigenvalue weighted by atomic mass is 10.0. The van der Waals surface area contributed by atoms with Crippen LogP contribution in [0.15, 0.2) is 0 Å². The number of carbonyl (C=O) groups is 1. The third-order valence-electron chi connectivity index (χ3n) is 2.03. The van der Waals surface area contributed by atoms with Crippen molar-refractivity contribution < 1.29 is 9.53 Å². The first kappa shape index (κ1) is 12.4. The van der Waals surface area contributed by atoms with E-state index in [9.17, 15) is 4.79 Å². The molecule has 0 aromatic heterocycles. The Morgan fingerprint density at radius 3 is 2.54 bits per heavy atom. The number of nitrogens with one attached hydrogen (secondary N) is 1. The summed E-state index contributed by atoms with van der Waals surface area (Å²) in [6.07, 6.45) is 0.873. The number of hydrogen-bond donors (Lipinski definition) is 2. The SMILES string of the molecule is CCC(C)(C)NC(=O)C(N)COC. The summed E-state index contributed by atoms with van der Waals surface area (Å²) in [7, 11) is 1.53. The predicted octanol–water partition coefficient (Wildman–Crippen LogP) is 0.265. The van der Waals surface area contributed by atoms with Gasteiger partial charge in [0.25, 0.3) is 0 Å². The summed E-state index contributed by atoms with van der Waals surface area (Å²) < 4.78 is 4.79. The van der Waals surface area contributed by atoms with Gasteiger partial charge in [-0.25, -0.2) is 0 Å². The lowest BCUT2D eigenvalue weighted by Crippen LogP contribution is -2.51. The maximum atomic E-state index is 11.4. The lowest BCUT2D eigenvalue weighted by Gasteiger charge is -2.26. The molecule has 13 heavy (non-hydrogen) atoms. The van der Waals surface area contributed by atoms with Crippen LogP contribution < -0.4 is 11.1 Å². The quantitative estimate of drug-likeness (QED) is 0.650. The molecule has 0 bridgehead atoms. The predicted molar refractivity (Wildman–Crippen MR) is 52.4 cm³/mol. The fourth-order valence-corrected chi connectivity index (χ4v) is 0.770. The van der Waals surface area contributed by atoms with E-state index in [0.717, 1.165) is 6.42 Å². The second-order valence-electron chi connectivity index (χ2n) is 3.79. The van der Waals surface area contributed by atoms with Crippen LogP contribution in [0.2, 0.25) is 0 Å². The fourth-order valence-electron chi connectivity index (χ4n) is 0.770. The molecule has 0 aromatic carbocycles. The molecule has 0 spiro atoms. The van der Waals surface area contributed by atoms with Crippen LogP contribution in [0.4, 0.5) is 0 Å². The minimum absolute atomic E-state index is 0.159. The van der Waals surface area contributed by atoms with Gasteiger partial charge >= 0.3 is 0 Å². The van der Waals surface area contributed by atoms with E-state index in [-0.39, 0.29) is 18.1 Å². The number of ether oxygens (including phenoxy) is 1. The number of carbonyl (C=O) groups excluding carboxylic acids is 1. The summed E-state index contributed by atoms with van der Waals surface area (Å²) in [6, 6.07) is -0.573. The number of rotatable bonds is 5. The van der Waals surface area contributed by atoms with Crippen LogP contribution in [-0.2, 0) is 9.53 Å². The molecule has 0 radical (unpaired) electrons. The number of hydrogen-bond acceptors (Lipinski definition) is 3. The Labute approximate surface area is 79.8 Å². The van der Waals surface area contributed by atoms with Gasteiger partial charge in [-0.3, -0.25) is 4.79 Å².